The van der Waals surface area contributed by atoms with Crippen LogP contribution in [0.3, 0.4) is 0 Å². The van der Waals surface area contributed by atoms with E-state index in [1.807, 2.05) is 6.92 Å². The fourth-order valence-electron chi connectivity index (χ4n) is 0.847. The van der Waals surface area contributed by atoms with Gasteiger partial charge in [-0.3, -0.25) is 0 Å². The van der Waals surface area contributed by atoms with E-state index in [4.69, 9.17) is 5.73 Å². The lowest BCUT2D eigenvalue weighted by Gasteiger charge is -2.21. The van der Waals surface area contributed by atoms with E-state index in [1.54, 1.807) is 0 Å². The molecule has 2 N–H and O–H groups in total. The second kappa shape index (κ2) is 2.42. The lowest BCUT2D eigenvalue weighted by atomic mass is 9.95. The predicted octanol–water partition coefficient (Wildman–Crippen LogP) is 1.98. The first-order valence-corrected chi connectivity index (χ1v) is 4.02. The van der Waals surface area contributed by atoms with Gasteiger partial charge >= 0.3 is 0 Å². The molecule has 0 saturated carbocycles. The van der Waals surface area contributed by atoms with Crippen LogP contribution in [0.2, 0.25) is 0 Å². The van der Waals surface area contributed by atoms with E-state index in [2.05, 4.69) is 40.8 Å². The van der Waals surface area contributed by atoms with Crippen LogP contribution in [0, 0.1) is 0 Å². The molecule has 0 heterocycles. The molecule has 0 aliphatic heterocycles. The van der Waals surface area contributed by atoms with Crippen molar-refractivity contribution < 1.29 is 0 Å². The summed E-state index contributed by atoms with van der Waals surface area (Å²) in [6.45, 7) is 2.04. The van der Waals surface area contributed by atoms with Crippen molar-refractivity contribution >= 4 is 22.6 Å². The van der Waals surface area contributed by atoms with Crippen LogP contribution in [0.1, 0.15) is 13.3 Å². The maximum atomic E-state index is 5.84. The first-order chi connectivity index (χ1) is 4.10. The zero-order valence-corrected chi connectivity index (χ0v) is 7.55. The van der Waals surface area contributed by atoms with Crippen molar-refractivity contribution in [2.45, 2.75) is 18.9 Å². The van der Waals surface area contributed by atoms with Crippen LogP contribution in [0.4, 0.5) is 0 Å². The van der Waals surface area contributed by atoms with Crippen molar-refractivity contribution in [3.63, 3.8) is 0 Å². The Balaban J connectivity index is 2.78. The summed E-state index contributed by atoms with van der Waals surface area (Å²) in [7, 11) is 0. The van der Waals surface area contributed by atoms with Crippen LogP contribution in [0.15, 0.2) is 21.8 Å². The summed E-state index contributed by atoms with van der Waals surface area (Å²) in [6.07, 6.45) is 7.25. The molecule has 9 heavy (non-hydrogen) atoms. The number of rotatable bonds is 0. The molecular weight excluding hydrogens is 225 g/mol. The highest BCUT2D eigenvalue weighted by Crippen LogP contribution is 2.21. The Bertz CT molecular complexity index is 168. The van der Waals surface area contributed by atoms with E-state index >= 15 is 0 Å². The van der Waals surface area contributed by atoms with Crippen LogP contribution < -0.4 is 5.73 Å². The van der Waals surface area contributed by atoms with Crippen molar-refractivity contribution in [1.29, 1.82) is 0 Å². The highest BCUT2D eigenvalue weighted by molar-refractivity contribution is 14.1. The standard InChI is InChI=1S/C7H10IN/c1-7(9)4-2-3-6(8)5-7/h2-3,5H,4,9H2,1H3. The number of hydrogen-bond acceptors (Lipinski definition) is 1. The van der Waals surface area contributed by atoms with Gasteiger partial charge in [-0.25, -0.2) is 0 Å². The van der Waals surface area contributed by atoms with Gasteiger partial charge in [0.15, 0.2) is 0 Å². The van der Waals surface area contributed by atoms with Crippen molar-refractivity contribution in [3.8, 4) is 0 Å². The molecule has 1 atom stereocenters. The Kier molecular flexibility index (Phi) is 1.96. The first kappa shape index (κ1) is 7.28. The molecule has 0 saturated heterocycles. The predicted molar refractivity (Wildman–Crippen MR) is 48.5 cm³/mol. The largest absolute Gasteiger partial charge is 0.322 e. The van der Waals surface area contributed by atoms with Gasteiger partial charge in [0.05, 0.1) is 0 Å². The normalized spacial score (nSPS) is 34.3. The molecule has 0 aromatic heterocycles. The molecule has 0 fully saturated rings. The maximum absolute atomic E-state index is 5.84. The summed E-state index contributed by atoms with van der Waals surface area (Å²) >= 11 is 2.28. The lowest BCUT2D eigenvalue weighted by molar-refractivity contribution is 0.589. The topological polar surface area (TPSA) is 26.0 Å². The second-order valence-corrected chi connectivity index (χ2v) is 3.89. The Morgan fingerprint density at radius 3 is 2.78 bits per heavy atom. The molecule has 2 heteroatoms. The van der Waals surface area contributed by atoms with Crippen LogP contribution in [0.5, 0.6) is 0 Å². The molecule has 1 aliphatic rings. The smallest absolute Gasteiger partial charge is 0.0358 e. The van der Waals surface area contributed by atoms with Gasteiger partial charge in [-0.2, -0.15) is 0 Å². The molecule has 1 aliphatic carbocycles. The SMILES string of the molecule is CC1(N)C=C(I)C=CC1. The van der Waals surface area contributed by atoms with Crippen LogP contribution >= 0.6 is 22.6 Å². The lowest BCUT2D eigenvalue weighted by Crippen LogP contribution is -2.33. The minimum absolute atomic E-state index is 0.106. The van der Waals surface area contributed by atoms with Gasteiger partial charge < -0.3 is 5.73 Å². The summed E-state index contributed by atoms with van der Waals surface area (Å²) in [6, 6.07) is 0. The maximum Gasteiger partial charge on any atom is 0.0358 e. The van der Waals surface area contributed by atoms with Crippen molar-refractivity contribution in [2.24, 2.45) is 5.73 Å². The van der Waals surface area contributed by atoms with Crippen molar-refractivity contribution in [3.05, 3.63) is 21.8 Å². The van der Waals surface area contributed by atoms with E-state index in [0.29, 0.717) is 0 Å². The van der Waals surface area contributed by atoms with E-state index < -0.39 is 0 Å². The van der Waals surface area contributed by atoms with Gasteiger partial charge in [-0.1, -0.05) is 18.2 Å². The summed E-state index contributed by atoms with van der Waals surface area (Å²) in [5.74, 6) is 0. The van der Waals surface area contributed by atoms with Crippen LogP contribution in [0.25, 0.3) is 0 Å². The molecule has 0 aromatic carbocycles. The summed E-state index contributed by atoms with van der Waals surface area (Å²) in [4.78, 5) is 0. The third-order valence-electron chi connectivity index (χ3n) is 1.30. The Morgan fingerprint density at radius 1 is 1.78 bits per heavy atom. The zero-order valence-electron chi connectivity index (χ0n) is 5.39. The summed E-state index contributed by atoms with van der Waals surface area (Å²) in [5.41, 5.74) is 5.73. The van der Waals surface area contributed by atoms with E-state index in [1.165, 1.54) is 3.58 Å². The average Bonchev–Trinajstić information content (AvgIpc) is 1.60. The Hall–Kier alpha value is 0.170. The van der Waals surface area contributed by atoms with Gasteiger partial charge in [0.25, 0.3) is 0 Å². The zero-order chi connectivity index (χ0) is 6.91. The molecular formula is C7H10IN. The molecule has 50 valence electrons. The fraction of sp³-hybridized carbons (Fsp3) is 0.429. The van der Waals surface area contributed by atoms with E-state index in [0.717, 1.165) is 6.42 Å². The molecule has 1 unspecified atom stereocenters. The summed E-state index contributed by atoms with van der Waals surface area (Å²) in [5, 5.41) is 0. The molecule has 0 aromatic rings. The molecule has 0 radical (unpaired) electrons. The van der Waals surface area contributed by atoms with Crippen molar-refractivity contribution in [2.75, 3.05) is 0 Å². The number of hydrogen-bond donors (Lipinski definition) is 1. The Labute approximate surface area is 69.1 Å². The molecule has 0 spiro atoms. The van der Waals surface area contributed by atoms with Crippen LogP contribution in [-0.4, -0.2) is 5.54 Å². The van der Waals surface area contributed by atoms with E-state index in [-0.39, 0.29) is 5.54 Å². The molecule has 1 rings (SSSR count). The Morgan fingerprint density at radius 2 is 2.44 bits per heavy atom. The summed E-state index contributed by atoms with van der Waals surface area (Å²) < 4.78 is 1.24. The molecule has 1 nitrogen and oxygen atoms in total. The third kappa shape index (κ3) is 2.10. The third-order valence-corrected chi connectivity index (χ3v) is 1.97. The van der Waals surface area contributed by atoms with Crippen LogP contribution in [-0.2, 0) is 0 Å². The molecule has 0 amide bonds. The number of nitrogens with two attached hydrogens (primary N) is 1. The van der Waals surface area contributed by atoms with E-state index in [9.17, 15) is 0 Å². The van der Waals surface area contributed by atoms with Gasteiger partial charge in [0.2, 0.25) is 0 Å². The van der Waals surface area contributed by atoms with Gasteiger partial charge in [0, 0.05) is 9.12 Å². The molecule has 0 bridgehead atoms. The average molecular weight is 235 g/mol. The highest BCUT2D eigenvalue weighted by atomic mass is 127. The minimum atomic E-state index is -0.106. The van der Waals surface area contributed by atoms with Gasteiger partial charge in [-0.15, -0.1) is 0 Å². The highest BCUT2D eigenvalue weighted by Gasteiger charge is 2.15. The van der Waals surface area contributed by atoms with Crippen molar-refractivity contribution in [1.82, 2.24) is 0 Å². The monoisotopic (exact) mass is 235 g/mol. The minimum Gasteiger partial charge on any atom is -0.322 e. The van der Waals surface area contributed by atoms with Gasteiger partial charge in [0.1, 0.15) is 0 Å². The number of halogens is 1. The second-order valence-electron chi connectivity index (χ2n) is 2.64. The van der Waals surface area contributed by atoms with Gasteiger partial charge in [-0.05, 0) is 35.9 Å². The fourth-order valence-corrected chi connectivity index (χ4v) is 1.81. The number of allylic oxidation sites excluding steroid dienone is 2. The quantitative estimate of drug-likeness (QED) is 0.638. The first-order valence-electron chi connectivity index (χ1n) is 2.94.